The largest absolute Gasteiger partial charge is 0.0654 e. The van der Waals surface area contributed by atoms with Crippen LogP contribution in [-0.4, -0.2) is 0 Å². The lowest BCUT2D eigenvalue weighted by atomic mass is 9.70. The molecule has 0 heterocycles. The van der Waals surface area contributed by atoms with Crippen molar-refractivity contribution in [1.82, 2.24) is 0 Å². The summed E-state index contributed by atoms with van der Waals surface area (Å²) in [6, 6.07) is 0. The van der Waals surface area contributed by atoms with Crippen LogP contribution >= 0.6 is 0 Å². The van der Waals surface area contributed by atoms with Gasteiger partial charge >= 0.3 is 0 Å². The van der Waals surface area contributed by atoms with E-state index in [1.54, 1.807) is 96.3 Å². The molecule has 0 aromatic heterocycles. The molecule has 3 rings (SSSR count). The third-order valence-corrected chi connectivity index (χ3v) is 9.91. The molecule has 0 nitrogen and oxygen atoms in total. The van der Waals surface area contributed by atoms with E-state index in [1.165, 1.54) is 51.4 Å². The minimum atomic E-state index is 1.09. The molecule has 0 aliphatic heterocycles. The van der Waals surface area contributed by atoms with Gasteiger partial charge in [0.2, 0.25) is 0 Å². The quantitative estimate of drug-likeness (QED) is 0.255. The van der Waals surface area contributed by atoms with E-state index in [0.717, 1.165) is 35.5 Å². The molecular weight excluding hydrogens is 372 g/mol. The van der Waals surface area contributed by atoms with Gasteiger partial charge in [-0.1, -0.05) is 149 Å². The van der Waals surface area contributed by atoms with E-state index in [2.05, 4.69) is 13.8 Å². The Kier molecular flexibility index (Phi) is 12.4. The van der Waals surface area contributed by atoms with E-state index in [-0.39, 0.29) is 0 Å². The number of rotatable bonds is 13. The van der Waals surface area contributed by atoms with Crippen LogP contribution in [0.5, 0.6) is 0 Å². The predicted octanol–water partition coefficient (Wildman–Crippen LogP) is 10.7. The molecule has 0 N–H and O–H groups in total. The lowest BCUT2D eigenvalue weighted by Gasteiger charge is -2.36. The van der Waals surface area contributed by atoms with Gasteiger partial charge in [-0.3, -0.25) is 0 Å². The standard InChI is InChI=1S/C31H58/c1-3-5-7-9-11-27-14-18-29(19-15-27)25-31-22-20-30(21-23-31)24-28-16-12-26(13-17-28)10-8-6-4-2/h26-31H,3-25H2,1-2H3. The van der Waals surface area contributed by atoms with Crippen molar-refractivity contribution < 1.29 is 0 Å². The minimum absolute atomic E-state index is 1.09. The SMILES string of the molecule is CCCCCCC1CCC(CC2CCC(CC3CCC(CCCCC)CC3)CC2)CC1. The summed E-state index contributed by atoms with van der Waals surface area (Å²) in [4.78, 5) is 0. The Hall–Kier alpha value is 0. The lowest BCUT2D eigenvalue weighted by Crippen LogP contribution is -2.23. The molecule has 0 radical (unpaired) electrons. The Bertz CT molecular complexity index is 415. The number of hydrogen-bond acceptors (Lipinski definition) is 0. The molecule has 31 heavy (non-hydrogen) atoms. The van der Waals surface area contributed by atoms with Gasteiger partial charge in [0.1, 0.15) is 0 Å². The monoisotopic (exact) mass is 430 g/mol. The third-order valence-electron chi connectivity index (χ3n) is 9.91. The molecule has 0 aromatic rings. The summed E-state index contributed by atoms with van der Waals surface area (Å²) in [5.41, 5.74) is 0. The zero-order chi connectivity index (χ0) is 21.7. The van der Waals surface area contributed by atoms with Gasteiger partial charge in [0.15, 0.2) is 0 Å². The van der Waals surface area contributed by atoms with Crippen LogP contribution in [0.2, 0.25) is 0 Å². The van der Waals surface area contributed by atoms with Crippen molar-refractivity contribution >= 4 is 0 Å². The van der Waals surface area contributed by atoms with Crippen molar-refractivity contribution in [2.75, 3.05) is 0 Å². The maximum absolute atomic E-state index is 2.34. The molecule has 0 spiro atoms. The van der Waals surface area contributed by atoms with Crippen LogP contribution in [0.4, 0.5) is 0 Å². The number of hydrogen-bond donors (Lipinski definition) is 0. The van der Waals surface area contributed by atoms with Crippen molar-refractivity contribution in [3.05, 3.63) is 0 Å². The van der Waals surface area contributed by atoms with Gasteiger partial charge < -0.3 is 0 Å². The van der Waals surface area contributed by atoms with Crippen LogP contribution < -0.4 is 0 Å². The Balaban J connectivity index is 1.22. The molecule has 3 saturated carbocycles. The van der Waals surface area contributed by atoms with Crippen LogP contribution in [0.15, 0.2) is 0 Å². The van der Waals surface area contributed by atoms with E-state index in [0.29, 0.717) is 0 Å². The summed E-state index contributed by atoms with van der Waals surface area (Å²) >= 11 is 0. The van der Waals surface area contributed by atoms with Gasteiger partial charge in [-0.15, -0.1) is 0 Å². The zero-order valence-electron chi connectivity index (χ0n) is 21.7. The molecule has 0 heteroatoms. The Morgan fingerprint density at radius 1 is 0.355 bits per heavy atom. The molecule has 0 aromatic carbocycles. The molecular formula is C31H58. The van der Waals surface area contributed by atoms with Crippen molar-refractivity contribution in [1.29, 1.82) is 0 Å². The first-order valence-electron chi connectivity index (χ1n) is 15.3. The second-order valence-electron chi connectivity index (χ2n) is 12.5. The summed E-state index contributed by atoms with van der Waals surface area (Å²) in [5.74, 6) is 6.55. The Morgan fingerprint density at radius 2 is 0.645 bits per heavy atom. The van der Waals surface area contributed by atoms with E-state index in [9.17, 15) is 0 Å². The van der Waals surface area contributed by atoms with Crippen molar-refractivity contribution in [3.63, 3.8) is 0 Å². The van der Waals surface area contributed by atoms with Crippen LogP contribution in [0.25, 0.3) is 0 Å². The second-order valence-corrected chi connectivity index (χ2v) is 12.5. The number of unbranched alkanes of at least 4 members (excludes halogenated alkanes) is 5. The fourth-order valence-electron chi connectivity index (χ4n) is 7.70. The summed E-state index contributed by atoms with van der Waals surface area (Å²) in [5, 5.41) is 0. The smallest absolute Gasteiger partial charge is 0.0411 e. The van der Waals surface area contributed by atoms with Gasteiger partial charge in [0, 0.05) is 0 Å². The average molecular weight is 431 g/mol. The lowest BCUT2D eigenvalue weighted by molar-refractivity contribution is 0.161. The summed E-state index contributed by atoms with van der Waals surface area (Å²) in [6.45, 7) is 4.67. The fraction of sp³-hybridized carbons (Fsp3) is 1.00. The van der Waals surface area contributed by atoms with E-state index in [1.807, 2.05) is 0 Å². The maximum Gasteiger partial charge on any atom is -0.0411 e. The molecule has 0 atom stereocenters. The van der Waals surface area contributed by atoms with Gasteiger partial charge in [-0.2, -0.15) is 0 Å². The molecule has 0 unspecified atom stereocenters. The molecule has 3 fully saturated rings. The van der Waals surface area contributed by atoms with Crippen LogP contribution in [0.3, 0.4) is 0 Å². The molecule has 3 aliphatic rings. The van der Waals surface area contributed by atoms with Gasteiger partial charge in [-0.25, -0.2) is 0 Å². The normalized spacial score (nSPS) is 34.6. The highest BCUT2D eigenvalue weighted by atomic mass is 14.3. The maximum atomic E-state index is 2.34. The minimum Gasteiger partial charge on any atom is -0.0654 e. The molecule has 182 valence electrons. The first kappa shape index (κ1) is 25.6. The van der Waals surface area contributed by atoms with Crippen molar-refractivity contribution in [2.45, 2.75) is 162 Å². The van der Waals surface area contributed by atoms with Crippen LogP contribution in [-0.2, 0) is 0 Å². The summed E-state index contributed by atoms with van der Waals surface area (Å²) in [6.07, 6.45) is 35.3. The van der Waals surface area contributed by atoms with E-state index < -0.39 is 0 Å². The third kappa shape index (κ3) is 9.80. The van der Waals surface area contributed by atoms with Crippen LogP contribution in [0.1, 0.15) is 162 Å². The highest BCUT2D eigenvalue weighted by Crippen LogP contribution is 2.42. The Morgan fingerprint density at radius 3 is 1.00 bits per heavy atom. The first-order valence-corrected chi connectivity index (χ1v) is 15.3. The molecule has 0 bridgehead atoms. The van der Waals surface area contributed by atoms with Crippen molar-refractivity contribution in [3.8, 4) is 0 Å². The summed E-state index contributed by atoms with van der Waals surface area (Å²) < 4.78 is 0. The highest BCUT2D eigenvalue weighted by molar-refractivity contribution is 4.81. The van der Waals surface area contributed by atoms with Gasteiger partial charge in [-0.05, 0) is 48.3 Å². The average Bonchev–Trinajstić information content (AvgIpc) is 2.80. The second kappa shape index (κ2) is 15.0. The van der Waals surface area contributed by atoms with E-state index >= 15 is 0 Å². The molecule has 0 saturated heterocycles. The first-order chi connectivity index (χ1) is 15.3. The molecule has 0 amide bonds. The molecule has 3 aliphatic carbocycles. The fourth-order valence-corrected chi connectivity index (χ4v) is 7.70. The van der Waals surface area contributed by atoms with Gasteiger partial charge in [0.05, 0.1) is 0 Å². The topological polar surface area (TPSA) is 0 Å². The van der Waals surface area contributed by atoms with Crippen molar-refractivity contribution in [2.24, 2.45) is 35.5 Å². The van der Waals surface area contributed by atoms with E-state index in [4.69, 9.17) is 0 Å². The zero-order valence-corrected chi connectivity index (χ0v) is 21.7. The highest BCUT2D eigenvalue weighted by Gasteiger charge is 2.29. The van der Waals surface area contributed by atoms with Gasteiger partial charge in [0.25, 0.3) is 0 Å². The Labute approximate surface area is 197 Å². The summed E-state index contributed by atoms with van der Waals surface area (Å²) in [7, 11) is 0. The van der Waals surface area contributed by atoms with Crippen LogP contribution in [0, 0.1) is 35.5 Å². The predicted molar refractivity (Wildman–Crippen MR) is 138 cm³/mol.